The van der Waals surface area contributed by atoms with Gasteiger partial charge in [-0.25, -0.2) is 0 Å². The number of benzene rings is 2. The number of fused-ring (bicyclic) bond motifs is 1. The summed E-state index contributed by atoms with van der Waals surface area (Å²) in [5.41, 5.74) is 3.16. The summed E-state index contributed by atoms with van der Waals surface area (Å²) >= 11 is 0. The SMILES string of the molecule is Cc1ccc2c(c1)OC(C)(C)C[C@H]2NC(=O)CCc1ccccc1. The Labute approximate surface area is 144 Å². The molecule has 0 aromatic heterocycles. The Balaban J connectivity index is 1.69. The summed E-state index contributed by atoms with van der Waals surface area (Å²) in [6.07, 6.45) is 2.04. The van der Waals surface area contributed by atoms with Crippen LogP contribution < -0.4 is 10.1 Å². The van der Waals surface area contributed by atoms with Gasteiger partial charge in [0.1, 0.15) is 11.4 Å². The van der Waals surface area contributed by atoms with E-state index in [9.17, 15) is 4.79 Å². The van der Waals surface area contributed by atoms with Crippen LogP contribution in [0.1, 0.15) is 49.4 Å². The molecule has 24 heavy (non-hydrogen) atoms. The molecule has 1 aliphatic rings. The molecule has 1 amide bonds. The monoisotopic (exact) mass is 323 g/mol. The van der Waals surface area contributed by atoms with E-state index < -0.39 is 0 Å². The molecule has 2 aromatic carbocycles. The molecule has 2 aromatic rings. The van der Waals surface area contributed by atoms with Crippen molar-refractivity contribution in [3.05, 3.63) is 65.2 Å². The molecule has 0 radical (unpaired) electrons. The number of rotatable bonds is 4. The highest BCUT2D eigenvalue weighted by Crippen LogP contribution is 2.39. The summed E-state index contributed by atoms with van der Waals surface area (Å²) in [7, 11) is 0. The maximum atomic E-state index is 12.4. The van der Waals surface area contributed by atoms with Crippen LogP contribution in [0.4, 0.5) is 0 Å². The third-order valence-electron chi connectivity index (χ3n) is 4.45. The first-order valence-electron chi connectivity index (χ1n) is 8.56. The van der Waals surface area contributed by atoms with E-state index >= 15 is 0 Å². The average Bonchev–Trinajstić information content (AvgIpc) is 2.52. The first-order chi connectivity index (χ1) is 11.4. The maximum Gasteiger partial charge on any atom is 0.220 e. The van der Waals surface area contributed by atoms with Gasteiger partial charge in [0.15, 0.2) is 0 Å². The fourth-order valence-electron chi connectivity index (χ4n) is 3.26. The topological polar surface area (TPSA) is 38.3 Å². The lowest BCUT2D eigenvalue weighted by Crippen LogP contribution is -2.41. The maximum absolute atomic E-state index is 12.4. The molecule has 3 heteroatoms. The van der Waals surface area contributed by atoms with E-state index in [-0.39, 0.29) is 17.6 Å². The zero-order chi connectivity index (χ0) is 17.2. The molecule has 0 unspecified atom stereocenters. The van der Waals surface area contributed by atoms with Crippen molar-refractivity contribution in [3.8, 4) is 5.75 Å². The molecule has 0 bridgehead atoms. The number of carbonyl (C=O) groups is 1. The van der Waals surface area contributed by atoms with E-state index in [1.807, 2.05) is 18.2 Å². The van der Waals surface area contributed by atoms with Crippen LogP contribution >= 0.6 is 0 Å². The van der Waals surface area contributed by atoms with Crippen molar-refractivity contribution in [3.63, 3.8) is 0 Å². The lowest BCUT2D eigenvalue weighted by molar-refractivity contribution is -0.122. The average molecular weight is 323 g/mol. The van der Waals surface area contributed by atoms with Gasteiger partial charge in [-0.15, -0.1) is 0 Å². The lowest BCUT2D eigenvalue weighted by atomic mass is 9.89. The Kier molecular flexibility index (Phi) is 4.61. The van der Waals surface area contributed by atoms with E-state index in [2.05, 4.69) is 56.4 Å². The molecule has 1 atom stereocenters. The van der Waals surface area contributed by atoms with Gasteiger partial charge in [0.2, 0.25) is 5.91 Å². The van der Waals surface area contributed by atoms with Crippen LogP contribution in [-0.4, -0.2) is 11.5 Å². The van der Waals surface area contributed by atoms with Gasteiger partial charge in [0.25, 0.3) is 0 Å². The Morgan fingerprint density at radius 2 is 1.96 bits per heavy atom. The number of nitrogens with one attached hydrogen (secondary N) is 1. The van der Waals surface area contributed by atoms with Gasteiger partial charge in [-0.1, -0.05) is 42.5 Å². The lowest BCUT2D eigenvalue weighted by Gasteiger charge is -2.38. The quantitative estimate of drug-likeness (QED) is 0.908. The Morgan fingerprint density at radius 3 is 2.71 bits per heavy atom. The summed E-state index contributed by atoms with van der Waals surface area (Å²) < 4.78 is 6.09. The van der Waals surface area contributed by atoms with Crippen LogP contribution in [0.2, 0.25) is 0 Å². The molecular weight excluding hydrogens is 298 g/mol. The van der Waals surface area contributed by atoms with Crippen molar-refractivity contribution in [1.29, 1.82) is 0 Å². The van der Waals surface area contributed by atoms with E-state index in [0.29, 0.717) is 6.42 Å². The molecule has 0 spiro atoms. The third-order valence-corrected chi connectivity index (χ3v) is 4.45. The number of hydrogen-bond donors (Lipinski definition) is 1. The summed E-state index contributed by atoms with van der Waals surface area (Å²) in [6.45, 7) is 6.20. The highest BCUT2D eigenvalue weighted by Gasteiger charge is 2.34. The summed E-state index contributed by atoms with van der Waals surface area (Å²) in [4.78, 5) is 12.4. The van der Waals surface area contributed by atoms with Crippen LogP contribution in [0, 0.1) is 6.92 Å². The molecule has 1 N–H and O–H groups in total. The molecule has 3 rings (SSSR count). The van der Waals surface area contributed by atoms with Crippen molar-refractivity contribution < 1.29 is 9.53 Å². The van der Waals surface area contributed by atoms with E-state index in [1.54, 1.807) is 0 Å². The smallest absolute Gasteiger partial charge is 0.220 e. The van der Waals surface area contributed by atoms with Crippen LogP contribution in [-0.2, 0) is 11.2 Å². The predicted molar refractivity (Wildman–Crippen MR) is 96.1 cm³/mol. The number of amides is 1. The minimum Gasteiger partial charge on any atom is -0.487 e. The van der Waals surface area contributed by atoms with Gasteiger partial charge >= 0.3 is 0 Å². The molecule has 0 aliphatic carbocycles. The van der Waals surface area contributed by atoms with E-state index in [1.165, 1.54) is 11.1 Å². The van der Waals surface area contributed by atoms with Gasteiger partial charge in [-0.3, -0.25) is 4.79 Å². The molecule has 0 saturated heterocycles. The Morgan fingerprint density at radius 1 is 1.21 bits per heavy atom. The summed E-state index contributed by atoms with van der Waals surface area (Å²) in [5, 5.41) is 3.20. The van der Waals surface area contributed by atoms with Gasteiger partial charge in [-0.05, 0) is 44.4 Å². The molecule has 1 heterocycles. The normalized spacial score (nSPS) is 18.4. The van der Waals surface area contributed by atoms with Crippen molar-refractivity contribution >= 4 is 5.91 Å². The van der Waals surface area contributed by atoms with Gasteiger partial charge in [0, 0.05) is 18.4 Å². The molecular formula is C21H25NO2. The molecule has 0 saturated carbocycles. The summed E-state index contributed by atoms with van der Waals surface area (Å²) in [6, 6.07) is 16.3. The van der Waals surface area contributed by atoms with Crippen LogP contribution in [0.5, 0.6) is 5.75 Å². The van der Waals surface area contributed by atoms with Crippen molar-refractivity contribution in [2.24, 2.45) is 0 Å². The largest absolute Gasteiger partial charge is 0.487 e. The van der Waals surface area contributed by atoms with Gasteiger partial charge in [-0.2, -0.15) is 0 Å². The second kappa shape index (κ2) is 6.68. The highest BCUT2D eigenvalue weighted by atomic mass is 16.5. The Bertz CT molecular complexity index is 722. The number of aryl methyl sites for hydroxylation is 2. The molecule has 3 nitrogen and oxygen atoms in total. The predicted octanol–water partition coefficient (Wildman–Crippen LogP) is 4.35. The van der Waals surface area contributed by atoms with E-state index in [4.69, 9.17) is 4.74 Å². The molecule has 1 aliphatic heterocycles. The minimum absolute atomic E-state index is 0.00706. The van der Waals surface area contributed by atoms with Crippen LogP contribution in [0.15, 0.2) is 48.5 Å². The van der Waals surface area contributed by atoms with Crippen LogP contribution in [0.3, 0.4) is 0 Å². The first-order valence-corrected chi connectivity index (χ1v) is 8.56. The number of carbonyl (C=O) groups excluding carboxylic acids is 1. The van der Waals surface area contributed by atoms with Crippen LogP contribution in [0.25, 0.3) is 0 Å². The van der Waals surface area contributed by atoms with Gasteiger partial charge in [0.05, 0.1) is 6.04 Å². The van der Waals surface area contributed by atoms with Gasteiger partial charge < -0.3 is 10.1 Å². The summed E-state index contributed by atoms with van der Waals surface area (Å²) in [5.74, 6) is 0.979. The highest BCUT2D eigenvalue weighted by molar-refractivity contribution is 5.77. The second-order valence-corrected chi connectivity index (χ2v) is 7.21. The zero-order valence-electron chi connectivity index (χ0n) is 14.6. The third kappa shape index (κ3) is 3.97. The Hall–Kier alpha value is -2.29. The minimum atomic E-state index is -0.280. The molecule has 126 valence electrons. The second-order valence-electron chi connectivity index (χ2n) is 7.21. The first kappa shape index (κ1) is 16.6. The van der Waals surface area contributed by atoms with Crippen molar-refractivity contribution in [2.45, 2.75) is 51.7 Å². The van der Waals surface area contributed by atoms with E-state index in [0.717, 1.165) is 24.2 Å². The number of hydrogen-bond acceptors (Lipinski definition) is 2. The standard InChI is InChI=1S/C21H25NO2/c1-15-9-11-17-18(14-21(2,3)24-19(17)13-15)22-20(23)12-10-16-7-5-4-6-8-16/h4-9,11,13,18H,10,12,14H2,1-3H3,(H,22,23)/t18-/m1/s1. The zero-order valence-corrected chi connectivity index (χ0v) is 14.6. The van der Waals surface area contributed by atoms with Crippen molar-refractivity contribution in [1.82, 2.24) is 5.32 Å². The number of ether oxygens (including phenoxy) is 1. The fraction of sp³-hybridized carbons (Fsp3) is 0.381. The van der Waals surface area contributed by atoms with Crippen molar-refractivity contribution in [2.75, 3.05) is 0 Å². The fourth-order valence-corrected chi connectivity index (χ4v) is 3.26. The molecule has 0 fully saturated rings.